The molecule has 4 heteroatoms. The Kier molecular flexibility index (Phi) is 3.23. The quantitative estimate of drug-likeness (QED) is 0.926. The maximum Gasteiger partial charge on any atom is 0.130 e. The first-order valence-corrected chi connectivity index (χ1v) is 7.85. The van der Waals surface area contributed by atoms with Crippen LogP contribution in [-0.4, -0.2) is 31.5 Å². The molecule has 0 unspecified atom stereocenters. The predicted octanol–water partition coefficient (Wildman–Crippen LogP) is 2.91. The van der Waals surface area contributed by atoms with Crippen LogP contribution in [0, 0.1) is 0 Å². The second kappa shape index (κ2) is 5.17. The van der Waals surface area contributed by atoms with Crippen molar-refractivity contribution in [3.05, 3.63) is 53.1 Å². The van der Waals surface area contributed by atoms with E-state index in [1.807, 2.05) is 18.2 Å². The first kappa shape index (κ1) is 14.4. The molecule has 1 heterocycles. The Morgan fingerprint density at radius 3 is 2.78 bits per heavy atom. The molecular weight excluding hydrogens is 292 g/mol. The molecule has 0 aromatic heterocycles. The second-order valence-electron chi connectivity index (χ2n) is 6.27. The molecule has 2 aromatic carbocycles. The van der Waals surface area contributed by atoms with Gasteiger partial charge >= 0.3 is 0 Å². The molecule has 0 radical (unpaired) electrons. The van der Waals surface area contributed by atoms with Crippen molar-refractivity contribution in [2.45, 2.75) is 24.4 Å². The summed E-state index contributed by atoms with van der Waals surface area (Å²) >= 11 is 0. The maximum atomic E-state index is 11.2. The third-order valence-electron chi connectivity index (χ3n) is 5.03. The Hall–Kier alpha value is -2.20. The number of rotatable bonds is 2. The molecule has 1 N–H and O–H groups in total. The second-order valence-corrected chi connectivity index (χ2v) is 6.27. The number of aryl methyl sites for hydroxylation is 1. The van der Waals surface area contributed by atoms with Gasteiger partial charge in [-0.15, -0.1) is 0 Å². The molecule has 2 atom stereocenters. The number of aliphatic hydroxyl groups is 1. The van der Waals surface area contributed by atoms with E-state index in [2.05, 4.69) is 18.2 Å². The van der Waals surface area contributed by atoms with Crippen LogP contribution in [-0.2, 0) is 6.42 Å². The average Bonchev–Trinajstić information content (AvgIpc) is 2.60. The minimum atomic E-state index is -0.900. The Morgan fingerprint density at radius 1 is 1.17 bits per heavy atom. The zero-order valence-electron chi connectivity index (χ0n) is 13.3. The van der Waals surface area contributed by atoms with Crippen LogP contribution in [0.2, 0.25) is 0 Å². The van der Waals surface area contributed by atoms with Crippen molar-refractivity contribution >= 4 is 0 Å². The van der Waals surface area contributed by atoms with Gasteiger partial charge in [0.1, 0.15) is 29.5 Å². The van der Waals surface area contributed by atoms with Gasteiger partial charge in [-0.2, -0.15) is 0 Å². The molecule has 4 nitrogen and oxygen atoms in total. The highest BCUT2D eigenvalue weighted by molar-refractivity contribution is 5.59. The number of fused-ring (bicyclic) bond motifs is 5. The fourth-order valence-corrected chi connectivity index (χ4v) is 3.88. The molecule has 120 valence electrons. The van der Waals surface area contributed by atoms with Gasteiger partial charge in [-0.3, -0.25) is 0 Å². The highest BCUT2D eigenvalue weighted by Gasteiger charge is 2.48. The summed E-state index contributed by atoms with van der Waals surface area (Å²) in [6.45, 7) is 0.287. The first-order valence-electron chi connectivity index (χ1n) is 7.85. The zero-order chi connectivity index (χ0) is 16.0. The Balaban J connectivity index is 1.97. The van der Waals surface area contributed by atoms with Crippen molar-refractivity contribution in [3.8, 4) is 17.2 Å². The predicted molar refractivity (Wildman–Crippen MR) is 86.6 cm³/mol. The number of ether oxygens (including phenoxy) is 3. The zero-order valence-corrected chi connectivity index (χ0v) is 13.3. The standard InChI is InChI=1S/C19H20O4/c1-21-13-9-15(22-2)17-16(10-13)23-11-19(20)8-7-12-5-3-4-6-14(12)18(17)19/h3-6,9-10,18,20H,7-8,11H2,1-2H3/t18-,19+/m0/s1. The van der Waals surface area contributed by atoms with E-state index in [-0.39, 0.29) is 12.5 Å². The van der Waals surface area contributed by atoms with Gasteiger partial charge in [0, 0.05) is 23.6 Å². The van der Waals surface area contributed by atoms with E-state index in [0.717, 1.165) is 23.3 Å². The van der Waals surface area contributed by atoms with Gasteiger partial charge in [0.05, 0.1) is 14.2 Å². The molecule has 1 aliphatic carbocycles. The monoisotopic (exact) mass is 312 g/mol. The molecule has 0 fully saturated rings. The Bertz CT molecular complexity index is 738. The largest absolute Gasteiger partial charge is 0.496 e. The summed E-state index contributed by atoms with van der Waals surface area (Å²) < 4.78 is 16.8. The van der Waals surface area contributed by atoms with Crippen LogP contribution in [0.1, 0.15) is 29.0 Å². The molecule has 1 aliphatic heterocycles. The van der Waals surface area contributed by atoms with Gasteiger partial charge in [-0.25, -0.2) is 0 Å². The van der Waals surface area contributed by atoms with Crippen molar-refractivity contribution in [3.63, 3.8) is 0 Å². The van der Waals surface area contributed by atoms with Crippen LogP contribution in [0.25, 0.3) is 0 Å². The highest BCUT2D eigenvalue weighted by atomic mass is 16.5. The molecule has 0 saturated heterocycles. The number of hydrogen-bond donors (Lipinski definition) is 1. The van der Waals surface area contributed by atoms with E-state index in [1.54, 1.807) is 14.2 Å². The summed E-state index contributed by atoms with van der Waals surface area (Å²) in [7, 11) is 3.26. The molecule has 2 aliphatic rings. The van der Waals surface area contributed by atoms with Gasteiger partial charge in [0.15, 0.2) is 0 Å². The average molecular weight is 312 g/mol. The van der Waals surface area contributed by atoms with Gasteiger partial charge in [-0.1, -0.05) is 24.3 Å². The molecular formula is C19H20O4. The van der Waals surface area contributed by atoms with Crippen molar-refractivity contribution in [2.24, 2.45) is 0 Å². The molecule has 0 bridgehead atoms. The molecule has 0 spiro atoms. The molecule has 23 heavy (non-hydrogen) atoms. The van der Waals surface area contributed by atoms with Crippen LogP contribution in [0.5, 0.6) is 17.2 Å². The summed E-state index contributed by atoms with van der Waals surface area (Å²) in [5.41, 5.74) is 2.46. The van der Waals surface area contributed by atoms with Crippen LogP contribution in [0.15, 0.2) is 36.4 Å². The highest BCUT2D eigenvalue weighted by Crippen LogP contribution is 2.53. The molecule has 4 rings (SSSR count). The SMILES string of the molecule is COc1cc(OC)c2c(c1)OC[C@]1(O)CCc3ccccc3[C@@H]21. The van der Waals surface area contributed by atoms with E-state index in [1.165, 1.54) is 5.56 Å². The smallest absolute Gasteiger partial charge is 0.130 e. The van der Waals surface area contributed by atoms with Crippen LogP contribution in [0.3, 0.4) is 0 Å². The van der Waals surface area contributed by atoms with Gasteiger partial charge < -0.3 is 19.3 Å². The van der Waals surface area contributed by atoms with E-state index in [0.29, 0.717) is 17.9 Å². The summed E-state index contributed by atoms with van der Waals surface area (Å²) in [5.74, 6) is 1.97. The Morgan fingerprint density at radius 2 is 2.00 bits per heavy atom. The molecule has 0 saturated carbocycles. The minimum Gasteiger partial charge on any atom is -0.496 e. The van der Waals surface area contributed by atoms with Gasteiger partial charge in [-0.05, 0) is 24.0 Å². The summed E-state index contributed by atoms with van der Waals surface area (Å²) in [6.07, 6.45) is 1.55. The third-order valence-corrected chi connectivity index (χ3v) is 5.03. The van der Waals surface area contributed by atoms with Crippen LogP contribution < -0.4 is 14.2 Å². The van der Waals surface area contributed by atoms with Crippen molar-refractivity contribution in [1.82, 2.24) is 0 Å². The summed E-state index contributed by atoms with van der Waals surface area (Å²) in [6, 6.07) is 12.0. The summed E-state index contributed by atoms with van der Waals surface area (Å²) in [5, 5.41) is 11.2. The van der Waals surface area contributed by atoms with Crippen molar-refractivity contribution < 1.29 is 19.3 Å². The minimum absolute atomic E-state index is 0.142. The number of methoxy groups -OCH3 is 2. The van der Waals surface area contributed by atoms with E-state index >= 15 is 0 Å². The van der Waals surface area contributed by atoms with Crippen LogP contribution >= 0.6 is 0 Å². The fraction of sp³-hybridized carbons (Fsp3) is 0.368. The first-order chi connectivity index (χ1) is 11.2. The lowest BCUT2D eigenvalue weighted by Crippen LogP contribution is -2.48. The van der Waals surface area contributed by atoms with E-state index < -0.39 is 5.60 Å². The van der Waals surface area contributed by atoms with Crippen LogP contribution in [0.4, 0.5) is 0 Å². The third kappa shape index (κ3) is 2.09. The van der Waals surface area contributed by atoms with E-state index in [9.17, 15) is 5.11 Å². The lowest BCUT2D eigenvalue weighted by atomic mass is 9.67. The molecule has 0 amide bonds. The maximum absolute atomic E-state index is 11.2. The number of benzene rings is 2. The number of hydrogen-bond acceptors (Lipinski definition) is 4. The normalized spacial score (nSPS) is 24.7. The summed E-state index contributed by atoms with van der Waals surface area (Å²) in [4.78, 5) is 0. The van der Waals surface area contributed by atoms with Crippen molar-refractivity contribution in [1.29, 1.82) is 0 Å². The Labute approximate surface area is 135 Å². The topological polar surface area (TPSA) is 47.9 Å². The fourth-order valence-electron chi connectivity index (χ4n) is 3.88. The van der Waals surface area contributed by atoms with E-state index in [4.69, 9.17) is 14.2 Å². The van der Waals surface area contributed by atoms with Gasteiger partial charge in [0.2, 0.25) is 0 Å². The molecule has 2 aromatic rings. The lowest BCUT2D eigenvalue weighted by Gasteiger charge is -2.45. The van der Waals surface area contributed by atoms with Crippen molar-refractivity contribution in [2.75, 3.05) is 20.8 Å². The van der Waals surface area contributed by atoms with Gasteiger partial charge in [0.25, 0.3) is 0 Å². The lowest BCUT2D eigenvalue weighted by molar-refractivity contribution is -0.0435.